The van der Waals surface area contributed by atoms with E-state index in [0.717, 1.165) is 37.7 Å². The monoisotopic (exact) mass is 310 g/mol. The molecule has 0 aliphatic heterocycles. The summed E-state index contributed by atoms with van der Waals surface area (Å²) in [4.78, 5) is 24.3. The van der Waals surface area contributed by atoms with Gasteiger partial charge in [-0.05, 0) is 43.9 Å². The minimum Gasteiger partial charge on any atom is -0.481 e. The fourth-order valence-corrected chi connectivity index (χ4v) is 4.32. The SMILES string of the molecule is CCC(C(C)C)C(CC)(C(=O)O)C(C(=O)O)=C1CCCCC1. The minimum atomic E-state index is -1.28. The number of carboxylic acids is 2. The first kappa shape index (κ1) is 18.7. The smallest absolute Gasteiger partial charge is 0.332 e. The first-order chi connectivity index (χ1) is 10.3. The predicted molar refractivity (Wildman–Crippen MR) is 86.7 cm³/mol. The van der Waals surface area contributed by atoms with Crippen LogP contribution in [0.5, 0.6) is 0 Å². The zero-order valence-corrected chi connectivity index (χ0v) is 14.3. The molecule has 2 N–H and O–H groups in total. The Morgan fingerprint density at radius 3 is 1.95 bits per heavy atom. The van der Waals surface area contributed by atoms with E-state index in [2.05, 4.69) is 0 Å². The lowest BCUT2D eigenvalue weighted by Crippen LogP contribution is -2.45. The third kappa shape index (κ3) is 3.36. The molecule has 0 heterocycles. The number of hydrogen-bond acceptors (Lipinski definition) is 2. The van der Waals surface area contributed by atoms with Crippen LogP contribution in [0, 0.1) is 17.3 Å². The Labute approximate surface area is 133 Å². The molecule has 1 aliphatic carbocycles. The molecule has 2 atom stereocenters. The molecule has 1 rings (SSSR count). The second kappa shape index (κ2) is 7.80. The van der Waals surface area contributed by atoms with Crippen molar-refractivity contribution in [3.63, 3.8) is 0 Å². The van der Waals surface area contributed by atoms with Crippen molar-refractivity contribution in [1.82, 2.24) is 0 Å². The maximum atomic E-state index is 12.2. The molecular weight excluding hydrogens is 280 g/mol. The summed E-state index contributed by atoms with van der Waals surface area (Å²) in [7, 11) is 0. The molecule has 1 fully saturated rings. The topological polar surface area (TPSA) is 74.6 Å². The summed E-state index contributed by atoms with van der Waals surface area (Å²) in [5, 5.41) is 19.9. The van der Waals surface area contributed by atoms with E-state index in [1.807, 2.05) is 27.7 Å². The Kier molecular flexibility index (Phi) is 6.64. The van der Waals surface area contributed by atoms with Gasteiger partial charge in [-0.25, -0.2) is 4.79 Å². The summed E-state index contributed by atoms with van der Waals surface area (Å²) < 4.78 is 0. The molecule has 0 bridgehead atoms. The van der Waals surface area contributed by atoms with Gasteiger partial charge in [0.05, 0.1) is 5.57 Å². The van der Waals surface area contributed by atoms with Gasteiger partial charge in [-0.15, -0.1) is 0 Å². The highest BCUT2D eigenvalue weighted by Crippen LogP contribution is 2.48. The summed E-state index contributed by atoms with van der Waals surface area (Å²) in [6.45, 7) is 7.76. The average Bonchev–Trinajstić information content (AvgIpc) is 2.46. The molecule has 2 unspecified atom stereocenters. The second-order valence-corrected chi connectivity index (χ2v) is 6.73. The highest BCUT2D eigenvalue weighted by Gasteiger charge is 2.51. The van der Waals surface area contributed by atoms with Crippen LogP contribution >= 0.6 is 0 Å². The van der Waals surface area contributed by atoms with Crippen LogP contribution in [-0.2, 0) is 9.59 Å². The Morgan fingerprint density at radius 1 is 1.09 bits per heavy atom. The van der Waals surface area contributed by atoms with Crippen LogP contribution in [0.4, 0.5) is 0 Å². The number of hydrogen-bond donors (Lipinski definition) is 2. The van der Waals surface area contributed by atoms with Crippen molar-refractivity contribution in [2.24, 2.45) is 17.3 Å². The standard InChI is InChI=1S/C18H30O4/c1-5-14(12(3)4)18(6-2,17(21)22)15(16(19)20)13-10-8-7-9-11-13/h12,14H,5-11H2,1-4H3,(H,19,20)(H,21,22). The fraction of sp³-hybridized carbons (Fsp3) is 0.778. The molecule has 0 spiro atoms. The fourth-order valence-electron chi connectivity index (χ4n) is 4.32. The van der Waals surface area contributed by atoms with E-state index in [-0.39, 0.29) is 17.4 Å². The first-order valence-electron chi connectivity index (χ1n) is 8.52. The molecule has 22 heavy (non-hydrogen) atoms. The van der Waals surface area contributed by atoms with E-state index >= 15 is 0 Å². The Hall–Kier alpha value is -1.32. The first-order valence-corrected chi connectivity index (χ1v) is 8.52. The third-order valence-electron chi connectivity index (χ3n) is 5.29. The summed E-state index contributed by atoms with van der Waals surface area (Å²) in [5.74, 6) is -2.07. The van der Waals surface area contributed by atoms with E-state index in [4.69, 9.17) is 0 Å². The molecule has 0 amide bonds. The van der Waals surface area contributed by atoms with Crippen molar-refractivity contribution >= 4 is 11.9 Å². The zero-order valence-electron chi connectivity index (χ0n) is 14.3. The maximum Gasteiger partial charge on any atom is 0.332 e. The summed E-state index contributed by atoms with van der Waals surface area (Å²) in [5.41, 5.74) is -0.230. The highest BCUT2D eigenvalue weighted by atomic mass is 16.4. The van der Waals surface area contributed by atoms with Crippen molar-refractivity contribution < 1.29 is 19.8 Å². The van der Waals surface area contributed by atoms with Crippen molar-refractivity contribution in [3.05, 3.63) is 11.1 Å². The molecule has 126 valence electrons. The summed E-state index contributed by atoms with van der Waals surface area (Å²) >= 11 is 0. The second-order valence-electron chi connectivity index (χ2n) is 6.73. The quantitative estimate of drug-likeness (QED) is 0.679. The van der Waals surface area contributed by atoms with E-state index < -0.39 is 17.4 Å². The van der Waals surface area contributed by atoms with E-state index in [9.17, 15) is 19.8 Å². The van der Waals surface area contributed by atoms with Gasteiger partial charge in [0.15, 0.2) is 0 Å². The van der Waals surface area contributed by atoms with E-state index in [1.54, 1.807) is 0 Å². The lowest BCUT2D eigenvalue weighted by Gasteiger charge is -2.40. The molecule has 1 saturated carbocycles. The summed E-state index contributed by atoms with van der Waals surface area (Å²) in [6, 6.07) is 0. The molecular formula is C18H30O4. The molecule has 0 aromatic heterocycles. The van der Waals surface area contributed by atoms with Crippen LogP contribution in [0.3, 0.4) is 0 Å². The number of rotatable bonds is 7. The highest BCUT2D eigenvalue weighted by molar-refractivity contribution is 5.97. The maximum absolute atomic E-state index is 12.2. The predicted octanol–water partition coefficient (Wildman–Crippen LogP) is 4.49. The van der Waals surface area contributed by atoms with Crippen LogP contribution in [0.15, 0.2) is 11.1 Å². The van der Waals surface area contributed by atoms with Crippen molar-refractivity contribution in [2.45, 2.75) is 72.6 Å². The minimum absolute atomic E-state index is 0.125. The van der Waals surface area contributed by atoms with Gasteiger partial charge in [-0.3, -0.25) is 4.79 Å². The van der Waals surface area contributed by atoms with Gasteiger partial charge in [0.25, 0.3) is 0 Å². The normalized spacial score (nSPS) is 19.6. The van der Waals surface area contributed by atoms with Crippen LogP contribution in [0.2, 0.25) is 0 Å². The van der Waals surface area contributed by atoms with Crippen LogP contribution in [0.25, 0.3) is 0 Å². The largest absolute Gasteiger partial charge is 0.481 e. The molecule has 1 aliphatic rings. The number of carbonyl (C=O) groups is 2. The lowest BCUT2D eigenvalue weighted by atomic mass is 9.61. The van der Waals surface area contributed by atoms with Gasteiger partial charge in [-0.1, -0.05) is 46.1 Å². The Morgan fingerprint density at radius 2 is 1.64 bits per heavy atom. The number of carboxylic acid groups (broad SMARTS) is 2. The Bertz CT molecular complexity index is 442. The zero-order chi connectivity index (χ0) is 16.9. The van der Waals surface area contributed by atoms with Crippen molar-refractivity contribution in [2.75, 3.05) is 0 Å². The Balaban J connectivity index is 3.58. The summed E-state index contributed by atoms with van der Waals surface area (Å²) in [6.07, 6.45) is 5.47. The van der Waals surface area contributed by atoms with Crippen LogP contribution < -0.4 is 0 Å². The lowest BCUT2D eigenvalue weighted by molar-refractivity contribution is -0.155. The number of allylic oxidation sites excluding steroid dienone is 1. The van der Waals surface area contributed by atoms with E-state index in [1.165, 1.54) is 0 Å². The van der Waals surface area contributed by atoms with Gasteiger partial charge in [0, 0.05) is 0 Å². The molecule has 4 heteroatoms. The van der Waals surface area contributed by atoms with Gasteiger partial charge >= 0.3 is 11.9 Å². The molecule has 0 aromatic rings. The average molecular weight is 310 g/mol. The third-order valence-corrected chi connectivity index (χ3v) is 5.29. The molecule has 0 radical (unpaired) electrons. The van der Waals surface area contributed by atoms with Crippen LogP contribution in [-0.4, -0.2) is 22.2 Å². The van der Waals surface area contributed by atoms with Gasteiger partial charge in [0.1, 0.15) is 5.41 Å². The van der Waals surface area contributed by atoms with Gasteiger partial charge in [-0.2, -0.15) is 0 Å². The van der Waals surface area contributed by atoms with Crippen molar-refractivity contribution in [1.29, 1.82) is 0 Å². The van der Waals surface area contributed by atoms with Crippen molar-refractivity contribution in [3.8, 4) is 0 Å². The molecule has 4 nitrogen and oxygen atoms in total. The molecule has 0 saturated heterocycles. The van der Waals surface area contributed by atoms with Gasteiger partial charge in [0.2, 0.25) is 0 Å². The number of aliphatic carboxylic acids is 2. The van der Waals surface area contributed by atoms with Crippen LogP contribution in [0.1, 0.15) is 72.6 Å². The molecule has 0 aromatic carbocycles. The van der Waals surface area contributed by atoms with Gasteiger partial charge < -0.3 is 10.2 Å². The van der Waals surface area contributed by atoms with E-state index in [0.29, 0.717) is 12.8 Å².